The van der Waals surface area contributed by atoms with Crippen LogP contribution in [0.1, 0.15) is 58.3 Å². The SMILES string of the molecule is CCCCCCCCCC[n+]1ccccc1.O=S(=O)([O-])c1c(F)c(F)c(F)c(F)c1F. The third-order valence-corrected chi connectivity index (χ3v) is 5.33. The van der Waals surface area contributed by atoms with Crippen LogP contribution in [0.4, 0.5) is 22.0 Å². The highest BCUT2D eigenvalue weighted by molar-refractivity contribution is 7.85. The van der Waals surface area contributed by atoms with Crippen LogP contribution < -0.4 is 4.57 Å². The third kappa shape index (κ3) is 8.90. The summed E-state index contributed by atoms with van der Waals surface area (Å²) in [6.45, 7) is 3.45. The Kier molecular flexibility index (Phi) is 11.6. The molecule has 0 amide bonds. The first-order valence-electron chi connectivity index (χ1n) is 10.0. The van der Waals surface area contributed by atoms with Gasteiger partial charge in [0, 0.05) is 18.6 Å². The van der Waals surface area contributed by atoms with Crippen LogP contribution in [0.5, 0.6) is 0 Å². The van der Waals surface area contributed by atoms with E-state index in [1.54, 1.807) is 0 Å². The average Bonchev–Trinajstić information content (AvgIpc) is 2.73. The first-order chi connectivity index (χ1) is 14.6. The van der Waals surface area contributed by atoms with Gasteiger partial charge in [-0.15, -0.1) is 0 Å². The predicted molar refractivity (Wildman–Crippen MR) is 103 cm³/mol. The molecule has 0 aliphatic rings. The van der Waals surface area contributed by atoms with Crippen LogP contribution in [0.25, 0.3) is 0 Å². The zero-order valence-corrected chi connectivity index (χ0v) is 18.0. The number of benzene rings is 1. The Hall–Kier alpha value is -2.07. The minimum absolute atomic E-state index is 1.18. The van der Waals surface area contributed by atoms with E-state index in [4.69, 9.17) is 0 Å². The van der Waals surface area contributed by atoms with Crippen LogP contribution in [0, 0.1) is 29.1 Å². The molecule has 174 valence electrons. The summed E-state index contributed by atoms with van der Waals surface area (Å²) in [5, 5.41) is 0. The lowest BCUT2D eigenvalue weighted by Gasteiger charge is -2.10. The number of rotatable bonds is 10. The molecule has 0 atom stereocenters. The number of hydrogen-bond donors (Lipinski definition) is 0. The van der Waals surface area contributed by atoms with Gasteiger partial charge in [-0.3, -0.25) is 0 Å². The maximum atomic E-state index is 12.6. The summed E-state index contributed by atoms with van der Waals surface area (Å²) < 4.78 is 95.2. The predicted octanol–water partition coefficient (Wildman–Crippen LogP) is 5.40. The molecule has 2 aromatic rings. The maximum absolute atomic E-state index is 12.6. The van der Waals surface area contributed by atoms with E-state index in [1.807, 2.05) is 0 Å². The quantitative estimate of drug-likeness (QED) is 0.117. The second-order valence-electron chi connectivity index (χ2n) is 6.94. The van der Waals surface area contributed by atoms with E-state index in [2.05, 4.69) is 42.1 Å². The molecule has 1 aromatic heterocycles. The molecule has 0 aliphatic heterocycles. The molecular weight excluding hydrogens is 441 g/mol. The van der Waals surface area contributed by atoms with Crippen molar-refractivity contribution < 1.29 is 39.5 Å². The molecule has 0 aliphatic carbocycles. The molecule has 1 heterocycles. The molecule has 0 saturated heterocycles. The topological polar surface area (TPSA) is 61.1 Å². The lowest BCUT2D eigenvalue weighted by molar-refractivity contribution is -0.697. The summed E-state index contributed by atoms with van der Waals surface area (Å²) in [6, 6.07) is 6.28. The van der Waals surface area contributed by atoms with Crippen LogP contribution >= 0.6 is 0 Å². The molecule has 2 rings (SSSR count). The first kappa shape index (κ1) is 27.0. The van der Waals surface area contributed by atoms with Gasteiger partial charge in [0.1, 0.15) is 21.6 Å². The summed E-state index contributed by atoms with van der Waals surface area (Å²) in [5.74, 6) is -12.8. The highest BCUT2D eigenvalue weighted by Gasteiger charge is 2.28. The van der Waals surface area contributed by atoms with Crippen molar-refractivity contribution in [3.8, 4) is 0 Å². The van der Waals surface area contributed by atoms with Gasteiger partial charge >= 0.3 is 0 Å². The van der Waals surface area contributed by atoms with Crippen molar-refractivity contribution in [3.63, 3.8) is 0 Å². The largest absolute Gasteiger partial charge is 0.744 e. The molecule has 0 spiro atoms. The van der Waals surface area contributed by atoms with Crippen molar-refractivity contribution in [1.29, 1.82) is 0 Å². The van der Waals surface area contributed by atoms with Gasteiger partial charge in [-0.1, -0.05) is 51.5 Å². The molecule has 0 fully saturated rings. The molecule has 4 nitrogen and oxygen atoms in total. The number of halogens is 5. The van der Waals surface area contributed by atoms with Crippen molar-refractivity contribution in [1.82, 2.24) is 0 Å². The summed E-state index contributed by atoms with van der Waals surface area (Å²) in [7, 11) is -5.77. The monoisotopic (exact) mass is 467 g/mol. The standard InChI is InChI=1S/C15H26N.C6HF5O3S/c1-2-3-4-5-6-7-8-10-13-16-14-11-9-12-15-16;7-1-2(8)4(10)6(15(12,13)14)5(11)3(1)9/h9,11-12,14-15H,2-8,10,13H2,1H3;(H,12,13,14)/q+1;/p-1. The fourth-order valence-electron chi connectivity index (χ4n) is 2.82. The van der Waals surface area contributed by atoms with E-state index >= 15 is 0 Å². The van der Waals surface area contributed by atoms with E-state index in [0.717, 1.165) is 0 Å². The van der Waals surface area contributed by atoms with Crippen LogP contribution in [0.3, 0.4) is 0 Å². The summed E-state index contributed by atoms with van der Waals surface area (Å²) in [5.41, 5.74) is 0. The summed E-state index contributed by atoms with van der Waals surface area (Å²) in [4.78, 5) is -2.38. The fraction of sp³-hybridized carbons (Fsp3) is 0.476. The third-order valence-electron chi connectivity index (χ3n) is 4.47. The fourth-order valence-corrected chi connectivity index (χ4v) is 3.43. The number of aryl methyl sites for hydroxylation is 1. The minimum atomic E-state index is -5.77. The molecule has 0 bridgehead atoms. The van der Waals surface area contributed by atoms with Gasteiger partial charge in [-0.25, -0.2) is 34.9 Å². The molecule has 10 heteroatoms. The minimum Gasteiger partial charge on any atom is -0.744 e. The average molecular weight is 468 g/mol. The summed E-state index contributed by atoms with van der Waals surface area (Å²) >= 11 is 0. The van der Waals surface area contributed by atoms with Gasteiger partial charge in [-0.2, -0.15) is 0 Å². The van der Waals surface area contributed by atoms with Gasteiger partial charge < -0.3 is 4.55 Å². The van der Waals surface area contributed by atoms with E-state index in [1.165, 1.54) is 57.9 Å². The Morgan fingerprint density at radius 3 is 1.58 bits per heavy atom. The molecule has 0 unspecified atom stereocenters. The number of pyridine rings is 1. The van der Waals surface area contributed by atoms with E-state index in [9.17, 15) is 34.9 Å². The molecule has 0 radical (unpaired) electrons. The Morgan fingerprint density at radius 2 is 1.13 bits per heavy atom. The van der Waals surface area contributed by atoms with E-state index in [-0.39, 0.29) is 0 Å². The lowest BCUT2D eigenvalue weighted by Crippen LogP contribution is -2.32. The Morgan fingerprint density at radius 1 is 0.710 bits per heavy atom. The molecular formula is C21H26F5NO3S. The second kappa shape index (κ2) is 13.4. The highest BCUT2D eigenvalue weighted by Crippen LogP contribution is 2.26. The van der Waals surface area contributed by atoms with Gasteiger partial charge in [0.15, 0.2) is 35.7 Å². The van der Waals surface area contributed by atoms with Crippen LogP contribution in [-0.2, 0) is 16.7 Å². The maximum Gasteiger partial charge on any atom is 0.200 e. The molecule has 31 heavy (non-hydrogen) atoms. The van der Waals surface area contributed by atoms with E-state index < -0.39 is 44.1 Å². The highest BCUT2D eigenvalue weighted by atomic mass is 32.2. The van der Waals surface area contributed by atoms with Gasteiger partial charge in [0.2, 0.25) is 5.82 Å². The number of nitrogens with zero attached hydrogens (tertiary/aromatic N) is 1. The second-order valence-corrected chi connectivity index (χ2v) is 8.26. The van der Waals surface area contributed by atoms with Crippen LogP contribution in [-0.4, -0.2) is 13.0 Å². The van der Waals surface area contributed by atoms with Crippen molar-refractivity contribution in [2.75, 3.05) is 0 Å². The normalized spacial score (nSPS) is 11.2. The summed E-state index contributed by atoms with van der Waals surface area (Å²) in [6.07, 6.45) is 15.5. The van der Waals surface area contributed by atoms with Crippen molar-refractivity contribution in [2.24, 2.45) is 0 Å². The molecule has 1 aromatic carbocycles. The number of hydrogen-bond acceptors (Lipinski definition) is 3. The Labute approximate surface area is 179 Å². The first-order valence-corrected chi connectivity index (χ1v) is 11.4. The molecule has 0 saturated carbocycles. The lowest BCUT2D eigenvalue weighted by atomic mass is 10.1. The van der Waals surface area contributed by atoms with Crippen molar-refractivity contribution in [3.05, 3.63) is 59.7 Å². The zero-order valence-electron chi connectivity index (χ0n) is 17.2. The Bertz CT molecular complexity index is 895. The van der Waals surface area contributed by atoms with Gasteiger partial charge in [0.05, 0.1) is 0 Å². The van der Waals surface area contributed by atoms with E-state index in [0.29, 0.717) is 0 Å². The Balaban J connectivity index is 0.000000311. The van der Waals surface area contributed by atoms with Crippen LogP contribution in [0.15, 0.2) is 35.5 Å². The van der Waals surface area contributed by atoms with Crippen molar-refractivity contribution >= 4 is 10.1 Å². The van der Waals surface area contributed by atoms with Gasteiger partial charge in [0.25, 0.3) is 0 Å². The zero-order chi connectivity index (χ0) is 23.4. The smallest absolute Gasteiger partial charge is 0.200 e. The molecule has 0 N–H and O–H groups in total. The number of aromatic nitrogens is 1. The van der Waals surface area contributed by atoms with Crippen molar-refractivity contribution in [2.45, 2.75) is 69.7 Å². The van der Waals surface area contributed by atoms with Gasteiger partial charge in [-0.05, 0) is 6.42 Å². The van der Waals surface area contributed by atoms with Crippen LogP contribution in [0.2, 0.25) is 0 Å². The number of unbranched alkanes of at least 4 members (excludes halogenated alkanes) is 7.